The molecule has 3 fully saturated rings. The van der Waals surface area contributed by atoms with Crippen molar-refractivity contribution < 1.29 is 63.7 Å². The fourth-order valence-electron chi connectivity index (χ4n) is 4.05. The van der Waals surface area contributed by atoms with Gasteiger partial charge in [0.1, 0.15) is 18.1 Å². The Labute approximate surface area is 183 Å². The first-order valence-corrected chi connectivity index (χ1v) is 9.27. The van der Waals surface area contributed by atoms with E-state index in [0.717, 1.165) is 0 Å². The molecule has 0 bridgehead atoms. The summed E-state index contributed by atoms with van der Waals surface area (Å²) in [5, 5.41) is 21.3. The van der Waals surface area contributed by atoms with E-state index in [0.29, 0.717) is 19.4 Å². The predicted octanol–water partition coefficient (Wildman–Crippen LogP) is -5.06. The maximum atomic E-state index is 12.7. The molecule has 5 atom stereocenters. The summed E-state index contributed by atoms with van der Waals surface area (Å²) in [6, 6.07) is -1.88. The molecular weight excluding hydrogens is 387 g/mol. The fraction of sp³-hybridized carbons (Fsp3) is 0.750. The van der Waals surface area contributed by atoms with Crippen LogP contribution in [0.1, 0.15) is 26.7 Å². The summed E-state index contributed by atoms with van der Waals surface area (Å²) < 4.78 is 3.89. The number of hydrogen-bond acceptors (Lipinski definition) is 8. The van der Waals surface area contributed by atoms with Gasteiger partial charge in [-0.05, 0) is 26.7 Å². The van der Waals surface area contributed by atoms with Crippen LogP contribution in [0, 0.1) is 5.92 Å². The fourth-order valence-corrected chi connectivity index (χ4v) is 5.76. The number of carboxylic acid groups (broad SMARTS) is 1. The van der Waals surface area contributed by atoms with Crippen molar-refractivity contribution in [1.29, 1.82) is 0 Å². The number of esters is 1. The normalized spacial score (nSPS) is 32.2. The molecule has 9 nitrogen and oxygen atoms in total. The van der Waals surface area contributed by atoms with E-state index in [4.69, 9.17) is 0 Å². The average molecular weight is 408 g/mol. The summed E-state index contributed by atoms with van der Waals surface area (Å²) in [7, 11) is 1.23. The van der Waals surface area contributed by atoms with Crippen LogP contribution >= 0.6 is 11.8 Å². The molecule has 0 aromatic carbocycles. The Hall–Kier alpha value is -0.810. The average Bonchev–Trinajstić information content (AvgIpc) is 3.14. The molecule has 0 unspecified atom stereocenters. The third kappa shape index (κ3) is 3.50. The number of likely N-dealkylation sites (tertiary alicyclic amines) is 1. The van der Waals surface area contributed by atoms with Gasteiger partial charge >= 0.3 is 35.5 Å². The van der Waals surface area contributed by atoms with E-state index < -0.39 is 58.0 Å². The molecule has 0 aromatic rings. The molecule has 0 saturated carbocycles. The zero-order valence-corrected chi connectivity index (χ0v) is 18.5. The van der Waals surface area contributed by atoms with Crippen molar-refractivity contribution in [2.24, 2.45) is 5.92 Å². The molecule has 3 heterocycles. The number of carbonyl (C=O) groups excluding carboxylic acids is 4. The van der Waals surface area contributed by atoms with Crippen LogP contribution in [0.2, 0.25) is 0 Å². The van der Waals surface area contributed by atoms with Gasteiger partial charge in [-0.2, -0.15) is 0 Å². The largest absolute Gasteiger partial charge is 1.00 e. The minimum Gasteiger partial charge on any atom is -0.548 e. The van der Waals surface area contributed by atoms with Crippen LogP contribution in [-0.4, -0.2) is 80.6 Å². The third-order valence-corrected chi connectivity index (χ3v) is 6.90. The molecule has 1 N–H and O–H groups in total. The van der Waals surface area contributed by atoms with Gasteiger partial charge in [0.05, 0.1) is 24.5 Å². The summed E-state index contributed by atoms with van der Waals surface area (Å²) in [6.07, 6.45) is -0.591. The second-order valence-electron chi connectivity index (χ2n) is 7.26. The smallest absolute Gasteiger partial charge is 0.548 e. The van der Waals surface area contributed by atoms with Crippen LogP contribution in [0.15, 0.2) is 0 Å². The van der Waals surface area contributed by atoms with Gasteiger partial charge in [-0.15, -0.1) is 11.8 Å². The number of thioether (sulfide) groups is 1. The number of aliphatic hydroxyl groups excluding tert-OH is 1. The second kappa shape index (κ2) is 7.90. The standard InChI is InChI=1S/C16H22N2O7S.Na/c1-16(2)10(14(22)23)18-11(20)8(13(18)26-16)9(19)12(21)17-6-4-5-7(17)15(24)25-3;/h7-10,13,19H,4-6H2,1-3H3,(H,22,23);/q;+1/p-1/t7-,8+,9-,10-,13+;/m0./s1. The van der Waals surface area contributed by atoms with Crippen LogP contribution in [0.3, 0.4) is 0 Å². The van der Waals surface area contributed by atoms with Crippen LogP contribution in [0.25, 0.3) is 0 Å². The SMILES string of the molecule is COC(=O)[C@@H]1CCCN1C(=O)[C@@H](O)[C@@H]1C(=O)N2[C@@H]1SC(C)(C)[C@@H]2C(=O)[O-].[Na+]. The Morgan fingerprint density at radius 3 is 2.56 bits per heavy atom. The Balaban J connectivity index is 0.00000261. The van der Waals surface area contributed by atoms with E-state index in [1.165, 1.54) is 28.7 Å². The minimum atomic E-state index is -1.63. The topological polar surface area (TPSA) is 127 Å². The van der Waals surface area contributed by atoms with E-state index in [9.17, 15) is 29.4 Å². The molecule has 0 aliphatic carbocycles. The monoisotopic (exact) mass is 408 g/mol. The number of aliphatic hydroxyl groups is 1. The number of methoxy groups -OCH3 is 1. The molecule has 3 rings (SSSR count). The molecule has 3 saturated heterocycles. The molecule has 0 radical (unpaired) electrons. The molecule has 0 spiro atoms. The first-order chi connectivity index (χ1) is 12.1. The Kier molecular flexibility index (Phi) is 6.58. The van der Waals surface area contributed by atoms with E-state index in [1.54, 1.807) is 13.8 Å². The van der Waals surface area contributed by atoms with Gasteiger partial charge in [0.25, 0.3) is 5.91 Å². The quantitative estimate of drug-likeness (QED) is 0.278. The van der Waals surface area contributed by atoms with Gasteiger partial charge < -0.3 is 29.5 Å². The number of ether oxygens (including phenoxy) is 1. The number of aliphatic carboxylic acids is 1. The molecule has 3 aliphatic rings. The third-order valence-electron chi connectivity index (χ3n) is 5.31. The van der Waals surface area contributed by atoms with Crippen LogP contribution in [-0.2, 0) is 23.9 Å². The maximum absolute atomic E-state index is 12.7. The number of hydrogen-bond donors (Lipinski definition) is 1. The van der Waals surface area contributed by atoms with Gasteiger partial charge in [-0.25, -0.2) is 4.79 Å². The van der Waals surface area contributed by atoms with Gasteiger partial charge in [-0.3, -0.25) is 9.59 Å². The van der Waals surface area contributed by atoms with Crippen molar-refractivity contribution in [1.82, 2.24) is 9.80 Å². The van der Waals surface area contributed by atoms with Gasteiger partial charge in [0.15, 0.2) is 0 Å². The van der Waals surface area contributed by atoms with E-state index in [1.807, 2.05) is 0 Å². The van der Waals surface area contributed by atoms with E-state index >= 15 is 0 Å². The van der Waals surface area contributed by atoms with Crippen molar-refractivity contribution >= 4 is 35.5 Å². The number of rotatable bonds is 4. The molecule has 0 aromatic heterocycles. The molecule has 3 aliphatic heterocycles. The van der Waals surface area contributed by atoms with Crippen LogP contribution < -0.4 is 34.7 Å². The van der Waals surface area contributed by atoms with Gasteiger partial charge in [0, 0.05) is 11.3 Å². The predicted molar refractivity (Wildman–Crippen MR) is 87.3 cm³/mol. The molecule has 144 valence electrons. The van der Waals surface area contributed by atoms with Crippen LogP contribution in [0.5, 0.6) is 0 Å². The number of β-lactam (4-membered cyclic amide) rings is 1. The minimum absolute atomic E-state index is 0. The van der Waals surface area contributed by atoms with Crippen molar-refractivity contribution in [2.45, 2.75) is 55.0 Å². The number of nitrogens with zero attached hydrogens (tertiary/aromatic N) is 2. The number of carboxylic acids is 1. The second-order valence-corrected chi connectivity index (χ2v) is 9.03. The number of carbonyl (C=O) groups is 4. The summed E-state index contributed by atoms with van der Waals surface area (Å²) >= 11 is 1.23. The molecule has 2 amide bonds. The van der Waals surface area contributed by atoms with Crippen molar-refractivity contribution in [3.05, 3.63) is 0 Å². The Morgan fingerprint density at radius 1 is 1.37 bits per heavy atom. The zero-order valence-electron chi connectivity index (χ0n) is 15.7. The van der Waals surface area contributed by atoms with Crippen molar-refractivity contribution in [3.8, 4) is 0 Å². The summed E-state index contributed by atoms with van der Waals surface area (Å²) in [4.78, 5) is 50.8. The molecular formula is C16H21N2NaO7S. The van der Waals surface area contributed by atoms with Gasteiger partial charge in [0.2, 0.25) is 5.91 Å². The van der Waals surface area contributed by atoms with E-state index in [-0.39, 0.29) is 29.6 Å². The van der Waals surface area contributed by atoms with Gasteiger partial charge in [-0.1, -0.05) is 0 Å². The van der Waals surface area contributed by atoms with Crippen molar-refractivity contribution in [2.75, 3.05) is 13.7 Å². The maximum Gasteiger partial charge on any atom is 1.00 e. The van der Waals surface area contributed by atoms with E-state index in [2.05, 4.69) is 4.74 Å². The zero-order chi connectivity index (χ0) is 19.4. The Bertz CT molecular complexity index is 673. The first-order valence-electron chi connectivity index (χ1n) is 8.39. The Morgan fingerprint density at radius 2 is 2.00 bits per heavy atom. The first kappa shape index (κ1) is 22.5. The number of amides is 2. The molecule has 27 heavy (non-hydrogen) atoms. The van der Waals surface area contributed by atoms with Crippen molar-refractivity contribution in [3.63, 3.8) is 0 Å². The summed E-state index contributed by atoms with van der Waals surface area (Å²) in [6.45, 7) is 3.66. The number of fused-ring (bicyclic) bond motifs is 1. The van der Waals surface area contributed by atoms with Crippen LogP contribution in [0.4, 0.5) is 0 Å². The molecule has 11 heteroatoms. The summed E-state index contributed by atoms with van der Waals surface area (Å²) in [5.74, 6) is -4.24. The summed E-state index contributed by atoms with van der Waals surface area (Å²) in [5.41, 5.74) is 0.